The van der Waals surface area contributed by atoms with E-state index in [2.05, 4.69) is 15.4 Å². The summed E-state index contributed by atoms with van der Waals surface area (Å²) in [7, 11) is 0. The lowest BCUT2D eigenvalue weighted by Gasteiger charge is -2.36. The van der Waals surface area contributed by atoms with Crippen LogP contribution in [-0.2, 0) is 22.1 Å². The molecule has 2 N–H and O–H groups in total. The van der Waals surface area contributed by atoms with Gasteiger partial charge >= 0.3 is 6.18 Å². The van der Waals surface area contributed by atoms with Crippen LogP contribution in [0.4, 0.5) is 24.5 Å². The van der Waals surface area contributed by atoms with E-state index in [0.717, 1.165) is 17.7 Å². The average Bonchev–Trinajstić information content (AvgIpc) is 3.71. The van der Waals surface area contributed by atoms with Crippen molar-refractivity contribution in [1.29, 1.82) is 0 Å². The second-order valence-corrected chi connectivity index (χ2v) is 11.4. The maximum atomic E-state index is 14.1. The van der Waals surface area contributed by atoms with Gasteiger partial charge in [0.2, 0.25) is 11.7 Å². The van der Waals surface area contributed by atoms with Gasteiger partial charge in [-0.15, -0.1) is 5.10 Å². The zero-order valence-electron chi connectivity index (χ0n) is 24.9. The zero-order valence-corrected chi connectivity index (χ0v) is 24.9. The van der Waals surface area contributed by atoms with Crippen molar-refractivity contribution in [3.63, 3.8) is 0 Å². The molecule has 47 heavy (non-hydrogen) atoms. The topological polar surface area (TPSA) is 147 Å². The van der Waals surface area contributed by atoms with E-state index in [1.54, 1.807) is 9.47 Å². The first-order chi connectivity index (χ1) is 22.6. The number of carbonyl (C=O) groups is 2. The maximum Gasteiger partial charge on any atom is 0.416 e. The highest BCUT2D eigenvalue weighted by molar-refractivity contribution is 5.95. The first kappa shape index (κ1) is 30.4. The Morgan fingerprint density at radius 2 is 1.81 bits per heavy atom. The van der Waals surface area contributed by atoms with Gasteiger partial charge in [0.15, 0.2) is 11.5 Å². The maximum absolute atomic E-state index is 14.1. The van der Waals surface area contributed by atoms with Crippen LogP contribution >= 0.6 is 0 Å². The van der Waals surface area contributed by atoms with Crippen molar-refractivity contribution in [3.05, 3.63) is 81.8 Å². The van der Waals surface area contributed by atoms with E-state index in [-0.39, 0.29) is 36.0 Å². The summed E-state index contributed by atoms with van der Waals surface area (Å²) in [5.74, 6) is -0.591. The number of pyridine rings is 1. The predicted molar refractivity (Wildman–Crippen MR) is 162 cm³/mol. The van der Waals surface area contributed by atoms with Gasteiger partial charge in [-0.3, -0.25) is 19.0 Å². The predicted octanol–water partition coefficient (Wildman–Crippen LogP) is 2.90. The number of ether oxygens (including phenoxy) is 1. The zero-order chi connectivity index (χ0) is 32.9. The van der Waals surface area contributed by atoms with Gasteiger partial charge in [-0.05, 0) is 61.2 Å². The van der Waals surface area contributed by atoms with Gasteiger partial charge in [-0.2, -0.15) is 22.7 Å². The summed E-state index contributed by atoms with van der Waals surface area (Å²) in [5.41, 5.74) is 0.630. The van der Waals surface area contributed by atoms with Gasteiger partial charge in [0.05, 0.1) is 24.5 Å². The van der Waals surface area contributed by atoms with Gasteiger partial charge in [0, 0.05) is 38.1 Å². The minimum Gasteiger partial charge on any atom is -0.505 e. The fraction of sp³-hybridized carbons (Fsp3) is 0.355. The molecule has 4 aromatic rings. The fourth-order valence-corrected chi connectivity index (χ4v) is 6.27. The SMILES string of the molecule is O=C(Nc1ccc(C(F)(F)F)cc1)[C@H]1CCc2c(N3CCN(C(=O)c4ncccc4O)CC3)c(=O)n3nc(C4=CCOCC4)nc3n21. The first-order valence-electron chi connectivity index (χ1n) is 15.1. The standard InChI is InChI=1S/C31H29F3N8O5/c32-31(33,34)19-3-5-20(6-4-19)36-27(44)22-8-7-21-25(39-12-14-40(15-13-39)28(45)24-23(43)2-1-11-35-24)29(46)42-30(41(21)22)37-26(38-42)18-9-16-47-17-10-18/h1-6,9,11,22,43H,7-8,10,12-17H2,(H,36,44)/t22-/m1/s1. The van der Waals surface area contributed by atoms with E-state index in [1.165, 1.54) is 35.0 Å². The summed E-state index contributed by atoms with van der Waals surface area (Å²) in [6, 6.07) is 6.28. The van der Waals surface area contributed by atoms with Crippen molar-refractivity contribution < 1.29 is 32.6 Å². The van der Waals surface area contributed by atoms with E-state index in [1.807, 2.05) is 11.0 Å². The highest BCUT2D eigenvalue weighted by atomic mass is 19.4. The molecule has 1 saturated heterocycles. The third-order valence-electron chi connectivity index (χ3n) is 8.64. The summed E-state index contributed by atoms with van der Waals surface area (Å²) >= 11 is 0. The van der Waals surface area contributed by atoms with Crippen LogP contribution in [0, 0.1) is 0 Å². The Labute approximate surface area is 264 Å². The molecule has 3 aromatic heterocycles. The smallest absolute Gasteiger partial charge is 0.416 e. The van der Waals surface area contributed by atoms with Crippen LogP contribution in [0.1, 0.15) is 46.5 Å². The van der Waals surface area contributed by atoms with Gasteiger partial charge in [-0.25, -0.2) is 4.98 Å². The Kier molecular flexibility index (Phi) is 7.66. The number of amides is 2. The number of nitrogens with one attached hydrogen (secondary N) is 1. The first-order valence-corrected chi connectivity index (χ1v) is 15.1. The Morgan fingerprint density at radius 1 is 1.04 bits per heavy atom. The minimum absolute atomic E-state index is 0.0530. The fourth-order valence-electron chi connectivity index (χ4n) is 6.27. The lowest BCUT2D eigenvalue weighted by molar-refractivity contribution is -0.137. The van der Waals surface area contributed by atoms with Crippen LogP contribution in [-0.4, -0.2) is 85.4 Å². The second kappa shape index (κ2) is 11.8. The quantitative estimate of drug-likeness (QED) is 0.333. The molecule has 16 heteroatoms. The molecule has 3 aliphatic heterocycles. The molecular formula is C31H29F3N8O5. The number of halogens is 3. The number of piperazine rings is 1. The van der Waals surface area contributed by atoms with E-state index in [9.17, 15) is 32.7 Å². The number of hydrogen-bond acceptors (Lipinski definition) is 9. The lowest BCUT2D eigenvalue weighted by Crippen LogP contribution is -2.50. The third-order valence-corrected chi connectivity index (χ3v) is 8.64. The van der Waals surface area contributed by atoms with Crippen molar-refractivity contribution in [2.75, 3.05) is 49.6 Å². The summed E-state index contributed by atoms with van der Waals surface area (Å²) in [5, 5.41) is 17.4. The molecule has 0 aliphatic carbocycles. The molecule has 2 amide bonds. The molecule has 0 radical (unpaired) electrons. The number of alkyl halides is 3. The van der Waals surface area contributed by atoms with Crippen LogP contribution in [0.2, 0.25) is 0 Å². The number of rotatable bonds is 5. The molecule has 1 fully saturated rings. The van der Waals surface area contributed by atoms with Gasteiger partial charge in [0.1, 0.15) is 17.5 Å². The number of hydrogen-bond donors (Lipinski definition) is 2. The molecule has 7 rings (SSSR count). The number of fused-ring (bicyclic) bond motifs is 3. The molecular weight excluding hydrogens is 621 g/mol. The monoisotopic (exact) mass is 650 g/mol. The molecule has 0 spiro atoms. The third kappa shape index (κ3) is 5.58. The van der Waals surface area contributed by atoms with Crippen LogP contribution in [0.25, 0.3) is 11.4 Å². The number of carbonyl (C=O) groups excluding carboxylic acids is 2. The van der Waals surface area contributed by atoms with Crippen molar-refractivity contribution in [2.45, 2.75) is 31.5 Å². The molecule has 0 unspecified atom stereocenters. The Hall–Kier alpha value is -5.25. The van der Waals surface area contributed by atoms with E-state index < -0.39 is 35.2 Å². The Bertz CT molecular complexity index is 1960. The molecule has 6 heterocycles. The largest absolute Gasteiger partial charge is 0.505 e. The van der Waals surface area contributed by atoms with Crippen LogP contribution < -0.4 is 15.8 Å². The van der Waals surface area contributed by atoms with E-state index >= 15 is 0 Å². The molecule has 0 saturated carbocycles. The number of aromatic nitrogens is 5. The lowest BCUT2D eigenvalue weighted by atomic mass is 10.1. The Balaban J connectivity index is 1.23. The number of anilines is 2. The van der Waals surface area contributed by atoms with E-state index in [4.69, 9.17) is 9.72 Å². The Morgan fingerprint density at radius 3 is 2.49 bits per heavy atom. The molecule has 3 aliphatic rings. The van der Waals surface area contributed by atoms with Gasteiger partial charge in [-0.1, -0.05) is 6.08 Å². The highest BCUT2D eigenvalue weighted by Crippen LogP contribution is 2.35. The summed E-state index contributed by atoms with van der Waals surface area (Å²) in [4.78, 5) is 52.9. The molecule has 0 bridgehead atoms. The van der Waals surface area contributed by atoms with E-state index in [0.29, 0.717) is 62.8 Å². The van der Waals surface area contributed by atoms with Crippen LogP contribution in [0.5, 0.6) is 5.75 Å². The minimum atomic E-state index is -4.51. The molecule has 1 atom stereocenters. The molecule has 244 valence electrons. The molecule has 13 nitrogen and oxygen atoms in total. The average molecular weight is 651 g/mol. The van der Waals surface area contributed by atoms with Crippen molar-refractivity contribution in [1.82, 2.24) is 29.0 Å². The van der Waals surface area contributed by atoms with Crippen molar-refractivity contribution in [3.8, 4) is 5.75 Å². The van der Waals surface area contributed by atoms with Crippen molar-refractivity contribution >= 4 is 34.5 Å². The number of nitrogens with zero attached hydrogens (tertiary/aromatic N) is 7. The van der Waals surface area contributed by atoms with Gasteiger partial charge < -0.3 is 25.0 Å². The van der Waals surface area contributed by atoms with Gasteiger partial charge in [0.25, 0.3) is 11.5 Å². The summed E-state index contributed by atoms with van der Waals surface area (Å²) in [6.07, 6.45) is -0.0232. The highest BCUT2D eigenvalue weighted by Gasteiger charge is 2.37. The van der Waals surface area contributed by atoms with Crippen LogP contribution in [0.3, 0.4) is 0 Å². The molecule has 1 aromatic carbocycles. The summed E-state index contributed by atoms with van der Waals surface area (Å²) in [6.45, 7) is 1.93. The van der Waals surface area contributed by atoms with Crippen LogP contribution in [0.15, 0.2) is 53.5 Å². The second-order valence-electron chi connectivity index (χ2n) is 11.4. The normalized spacial score (nSPS) is 18.3. The van der Waals surface area contributed by atoms with Crippen molar-refractivity contribution in [2.24, 2.45) is 0 Å². The number of aromatic hydroxyl groups is 1. The summed E-state index contributed by atoms with van der Waals surface area (Å²) < 4.78 is 47.5. The number of benzene rings is 1.